The van der Waals surface area contributed by atoms with Gasteiger partial charge in [0, 0.05) is 24.9 Å². The second kappa shape index (κ2) is 4.22. The van der Waals surface area contributed by atoms with Crippen LogP contribution < -0.4 is 5.32 Å². The summed E-state index contributed by atoms with van der Waals surface area (Å²) in [6.07, 6.45) is 3.56. The van der Waals surface area contributed by atoms with Crippen molar-refractivity contribution in [2.45, 2.75) is 25.3 Å². The number of hydrogen-bond acceptors (Lipinski definition) is 2. The van der Waals surface area contributed by atoms with Crippen molar-refractivity contribution >= 4 is 17.8 Å². The molecule has 74 valence electrons. The highest BCUT2D eigenvalue weighted by Crippen LogP contribution is 2.22. The minimum Gasteiger partial charge on any atom is -0.338 e. The van der Waals surface area contributed by atoms with Crippen molar-refractivity contribution in [3.05, 3.63) is 0 Å². The van der Waals surface area contributed by atoms with Crippen molar-refractivity contribution in [1.29, 1.82) is 0 Å². The van der Waals surface area contributed by atoms with E-state index in [0.29, 0.717) is 6.04 Å². The van der Waals surface area contributed by atoms with E-state index in [4.69, 9.17) is 0 Å². The SMILES string of the molecule is O=C1NCCCN1C1CCCSC1. The molecule has 0 bridgehead atoms. The Kier molecular flexibility index (Phi) is 2.98. The van der Waals surface area contributed by atoms with E-state index in [0.717, 1.165) is 25.3 Å². The molecule has 0 aromatic rings. The summed E-state index contributed by atoms with van der Waals surface area (Å²) >= 11 is 1.98. The van der Waals surface area contributed by atoms with E-state index in [1.807, 2.05) is 16.7 Å². The monoisotopic (exact) mass is 200 g/mol. The molecule has 2 aliphatic heterocycles. The molecule has 1 atom stereocenters. The summed E-state index contributed by atoms with van der Waals surface area (Å²) in [7, 11) is 0. The fraction of sp³-hybridized carbons (Fsp3) is 0.889. The van der Waals surface area contributed by atoms with Gasteiger partial charge in [-0.2, -0.15) is 11.8 Å². The van der Waals surface area contributed by atoms with Crippen molar-refractivity contribution in [1.82, 2.24) is 10.2 Å². The standard InChI is InChI=1S/C9H16N2OS/c12-9-10-4-2-5-11(9)8-3-1-6-13-7-8/h8H,1-7H2,(H,10,12). The zero-order chi connectivity index (χ0) is 9.10. The molecule has 0 aromatic heterocycles. The van der Waals surface area contributed by atoms with Gasteiger partial charge in [0.05, 0.1) is 0 Å². The van der Waals surface area contributed by atoms with Gasteiger partial charge in [0.1, 0.15) is 0 Å². The molecule has 0 aliphatic carbocycles. The molecule has 0 saturated carbocycles. The van der Waals surface area contributed by atoms with Crippen LogP contribution in [0.15, 0.2) is 0 Å². The molecule has 2 amide bonds. The van der Waals surface area contributed by atoms with Crippen molar-refractivity contribution in [3.63, 3.8) is 0 Å². The largest absolute Gasteiger partial charge is 0.338 e. The molecule has 3 nitrogen and oxygen atoms in total. The molecule has 2 rings (SSSR count). The van der Waals surface area contributed by atoms with Gasteiger partial charge in [-0.25, -0.2) is 4.79 Å². The van der Waals surface area contributed by atoms with Crippen LogP contribution in [0, 0.1) is 0 Å². The van der Waals surface area contributed by atoms with Crippen LogP contribution in [-0.4, -0.2) is 41.6 Å². The third-order valence-corrected chi connectivity index (χ3v) is 3.89. The zero-order valence-corrected chi connectivity index (χ0v) is 8.61. The highest BCUT2D eigenvalue weighted by Gasteiger charge is 2.27. The Labute approximate surface area is 83.2 Å². The number of nitrogens with one attached hydrogen (secondary N) is 1. The maximum absolute atomic E-state index is 11.5. The van der Waals surface area contributed by atoms with E-state index in [2.05, 4.69) is 5.32 Å². The number of hydrogen-bond donors (Lipinski definition) is 1. The van der Waals surface area contributed by atoms with Crippen molar-refractivity contribution in [3.8, 4) is 0 Å². The third-order valence-electron chi connectivity index (χ3n) is 2.69. The molecular formula is C9H16N2OS. The Hall–Kier alpha value is -0.380. The van der Waals surface area contributed by atoms with E-state index in [1.54, 1.807) is 0 Å². The summed E-state index contributed by atoms with van der Waals surface area (Å²) < 4.78 is 0. The molecule has 4 heteroatoms. The Morgan fingerprint density at radius 2 is 2.38 bits per heavy atom. The Bertz CT molecular complexity index is 192. The zero-order valence-electron chi connectivity index (χ0n) is 7.79. The van der Waals surface area contributed by atoms with Crippen LogP contribution in [0.1, 0.15) is 19.3 Å². The predicted molar refractivity (Wildman–Crippen MR) is 55.1 cm³/mol. The van der Waals surface area contributed by atoms with Gasteiger partial charge in [-0.15, -0.1) is 0 Å². The molecular weight excluding hydrogens is 184 g/mol. The number of urea groups is 1. The summed E-state index contributed by atoms with van der Waals surface area (Å²) in [6.45, 7) is 1.81. The maximum atomic E-state index is 11.5. The number of rotatable bonds is 1. The summed E-state index contributed by atoms with van der Waals surface area (Å²) in [5.74, 6) is 2.40. The Morgan fingerprint density at radius 1 is 1.46 bits per heavy atom. The second-order valence-corrected chi connectivity index (χ2v) is 4.80. The highest BCUT2D eigenvalue weighted by atomic mass is 32.2. The fourth-order valence-corrected chi connectivity index (χ4v) is 3.12. The molecule has 0 radical (unpaired) electrons. The minimum absolute atomic E-state index is 0.152. The van der Waals surface area contributed by atoms with Crippen LogP contribution in [0.3, 0.4) is 0 Å². The normalized spacial score (nSPS) is 30.0. The molecule has 1 unspecified atom stereocenters. The summed E-state index contributed by atoms with van der Waals surface area (Å²) in [5.41, 5.74) is 0. The molecule has 0 spiro atoms. The van der Waals surface area contributed by atoms with Gasteiger partial charge in [0.25, 0.3) is 0 Å². The van der Waals surface area contributed by atoms with Crippen LogP contribution in [0.25, 0.3) is 0 Å². The summed E-state index contributed by atoms with van der Waals surface area (Å²) in [6, 6.07) is 0.651. The summed E-state index contributed by atoms with van der Waals surface area (Å²) in [4.78, 5) is 13.5. The molecule has 2 heterocycles. The van der Waals surface area contributed by atoms with Gasteiger partial charge in [-0.3, -0.25) is 0 Å². The number of carbonyl (C=O) groups excluding carboxylic acids is 1. The molecule has 2 saturated heterocycles. The quantitative estimate of drug-likeness (QED) is 0.692. The van der Waals surface area contributed by atoms with Crippen LogP contribution in [-0.2, 0) is 0 Å². The summed E-state index contributed by atoms with van der Waals surface area (Å²) in [5, 5.41) is 2.91. The topological polar surface area (TPSA) is 32.3 Å². The van der Waals surface area contributed by atoms with Gasteiger partial charge in [-0.1, -0.05) is 0 Å². The highest BCUT2D eigenvalue weighted by molar-refractivity contribution is 7.99. The van der Waals surface area contributed by atoms with Gasteiger partial charge in [-0.05, 0) is 25.0 Å². The first-order valence-corrected chi connectivity index (χ1v) is 6.15. The van der Waals surface area contributed by atoms with Gasteiger partial charge in [0.15, 0.2) is 0 Å². The smallest absolute Gasteiger partial charge is 0.317 e. The lowest BCUT2D eigenvalue weighted by atomic mass is 10.1. The minimum atomic E-state index is 0.152. The number of carbonyl (C=O) groups is 1. The van der Waals surface area contributed by atoms with Gasteiger partial charge >= 0.3 is 6.03 Å². The van der Waals surface area contributed by atoms with E-state index in [9.17, 15) is 4.79 Å². The lowest BCUT2D eigenvalue weighted by molar-refractivity contribution is 0.163. The van der Waals surface area contributed by atoms with Crippen molar-refractivity contribution in [2.75, 3.05) is 24.6 Å². The van der Waals surface area contributed by atoms with Crippen LogP contribution in [0.2, 0.25) is 0 Å². The average Bonchev–Trinajstić information content (AvgIpc) is 2.20. The van der Waals surface area contributed by atoms with Gasteiger partial charge < -0.3 is 10.2 Å². The van der Waals surface area contributed by atoms with Crippen LogP contribution in [0.4, 0.5) is 4.79 Å². The van der Waals surface area contributed by atoms with E-state index >= 15 is 0 Å². The molecule has 2 fully saturated rings. The van der Waals surface area contributed by atoms with Crippen LogP contribution in [0.5, 0.6) is 0 Å². The number of nitrogens with zero attached hydrogens (tertiary/aromatic N) is 1. The molecule has 2 aliphatic rings. The fourth-order valence-electron chi connectivity index (χ4n) is 1.97. The second-order valence-electron chi connectivity index (χ2n) is 3.65. The number of thioether (sulfide) groups is 1. The third kappa shape index (κ3) is 2.10. The average molecular weight is 200 g/mol. The first-order chi connectivity index (χ1) is 6.38. The number of amides is 2. The van der Waals surface area contributed by atoms with Crippen LogP contribution >= 0.6 is 11.8 Å². The Morgan fingerprint density at radius 3 is 3.08 bits per heavy atom. The predicted octanol–water partition coefficient (Wildman–Crippen LogP) is 1.30. The van der Waals surface area contributed by atoms with E-state index < -0.39 is 0 Å². The van der Waals surface area contributed by atoms with Crippen molar-refractivity contribution in [2.24, 2.45) is 0 Å². The lowest BCUT2D eigenvalue weighted by Crippen LogP contribution is -2.52. The van der Waals surface area contributed by atoms with Gasteiger partial charge in [0.2, 0.25) is 0 Å². The maximum Gasteiger partial charge on any atom is 0.317 e. The van der Waals surface area contributed by atoms with E-state index in [1.165, 1.54) is 18.6 Å². The van der Waals surface area contributed by atoms with E-state index in [-0.39, 0.29) is 6.03 Å². The molecule has 1 N–H and O–H groups in total. The molecule has 13 heavy (non-hydrogen) atoms. The molecule has 0 aromatic carbocycles. The Balaban J connectivity index is 1.92. The first kappa shape index (κ1) is 9.19. The van der Waals surface area contributed by atoms with Crippen molar-refractivity contribution < 1.29 is 4.79 Å². The lowest BCUT2D eigenvalue weighted by Gasteiger charge is -2.36. The first-order valence-electron chi connectivity index (χ1n) is 5.00.